The van der Waals surface area contributed by atoms with Gasteiger partial charge in [-0.25, -0.2) is 0 Å². The molecule has 0 amide bonds. The molecule has 1 radical (unpaired) electrons. The highest BCUT2D eigenvalue weighted by molar-refractivity contribution is 6.54. The first kappa shape index (κ1) is 21.2. The molecular formula is C19H41OSi. The van der Waals surface area contributed by atoms with Gasteiger partial charge in [0.05, 0.1) is 0 Å². The van der Waals surface area contributed by atoms with E-state index < -0.39 is 9.04 Å². The van der Waals surface area contributed by atoms with E-state index in [1.807, 2.05) is 0 Å². The Morgan fingerprint density at radius 2 is 1.00 bits per heavy atom. The van der Waals surface area contributed by atoms with Crippen LogP contribution in [-0.2, 0) is 4.43 Å². The molecule has 2 heteroatoms. The summed E-state index contributed by atoms with van der Waals surface area (Å²) in [6.45, 7) is 12.5. The third-order valence-corrected chi connectivity index (χ3v) is 6.97. The van der Waals surface area contributed by atoms with Crippen molar-refractivity contribution in [2.24, 2.45) is 0 Å². The molecule has 1 nitrogen and oxygen atoms in total. The van der Waals surface area contributed by atoms with Crippen molar-refractivity contribution >= 4 is 9.04 Å². The van der Waals surface area contributed by atoms with Crippen LogP contribution in [0.2, 0.25) is 11.1 Å². The second-order valence-corrected chi connectivity index (χ2v) is 10.5. The maximum atomic E-state index is 6.15. The average Bonchev–Trinajstić information content (AvgIpc) is 2.43. The van der Waals surface area contributed by atoms with Crippen molar-refractivity contribution in [2.75, 3.05) is 6.61 Å². The summed E-state index contributed by atoms with van der Waals surface area (Å²) in [5.74, 6) is 0. The first-order valence-corrected chi connectivity index (χ1v) is 11.1. The van der Waals surface area contributed by atoms with Crippen LogP contribution in [0.5, 0.6) is 0 Å². The van der Waals surface area contributed by atoms with E-state index in [1.54, 1.807) is 0 Å². The zero-order chi connectivity index (χ0) is 15.9. The van der Waals surface area contributed by atoms with Gasteiger partial charge in [-0.3, -0.25) is 0 Å². The van der Waals surface area contributed by atoms with E-state index in [0.29, 0.717) is 0 Å². The molecular weight excluding hydrogens is 272 g/mol. The highest BCUT2D eigenvalue weighted by atomic mass is 28.3. The van der Waals surface area contributed by atoms with Crippen LogP contribution in [0, 0.1) is 0 Å². The Balaban J connectivity index is 3.25. The van der Waals surface area contributed by atoms with Crippen LogP contribution in [0.15, 0.2) is 0 Å². The molecule has 0 atom stereocenters. The van der Waals surface area contributed by atoms with Crippen molar-refractivity contribution < 1.29 is 4.43 Å². The molecule has 0 unspecified atom stereocenters. The molecule has 0 heterocycles. The van der Waals surface area contributed by atoms with E-state index in [9.17, 15) is 0 Å². The largest absolute Gasteiger partial charge is 0.416 e. The lowest BCUT2D eigenvalue weighted by molar-refractivity contribution is 0.295. The van der Waals surface area contributed by atoms with E-state index in [2.05, 4.69) is 34.6 Å². The third-order valence-electron chi connectivity index (χ3n) is 4.15. The smallest absolute Gasteiger partial charge is 0.216 e. The van der Waals surface area contributed by atoms with Gasteiger partial charge in [0.25, 0.3) is 0 Å². The van der Waals surface area contributed by atoms with Crippen LogP contribution in [0.4, 0.5) is 0 Å². The summed E-state index contributed by atoms with van der Waals surface area (Å²) in [4.78, 5) is 0. The predicted octanol–water partition coefficient (Wildman–Crippen LogP) is 7.13. The minimum absolute atomic E-state index is 0.591. The summed E-state index contributed by atoms with van der Waals surface area (Å²) in [7, 11) is -0.591. The van der Waals surface area contributed by atoms with E-state index in [-0.39, 0.29) is 0 Å². The Morgan fingerprint density at radius 3 is 1.38 bits per heavy atom. The molecule has 0 aromatic heterocycles. The molecule has 127 valence electrons. The Hall–Kier alpha value is 0.177. The summed E-state index contributed by atoms with van der Waals surface area (Å²) in [6, 6.07) is 0. The fourth-order valence-electron chi connectivity index (χ4n) is 2.96. The molecule has 0 bridgehead atoms. The van der Waals surface area contributed by atoms with Crippen LogP contribution < -0.4 is 0 Å². The van der Waals surface area contributed by atoms with Crippen molar-refractivity contribution in [3.63, 3.8) is 0 Å². The average molecular weight is 314 g/mol. The van der Waals surface area contributed by atoms with Crippen molar-refractivity contribution in [1.29, 1.82) is 0 Å². The number of hydrogen-bond donors (Lipinski definition) is 0. The Morgan fingerprint density at radius 1 is 0.619 bits per heavy atom. The highest BCUT2D eigenvalue weighted by Gasteiger charge is 2.21. The monoisotopic (exact) mass is 313 g/mol. The van der Waals surface area contributed by atoms with E-state index >= 15 is 0 Å². The first-order valence-electron chi connectivity index (χ1n) is 9.59. The van der Waals surface area contributed by atoms with Gasteiger partial charge in [-0.1, -0.05) is 98.8 Å². The molecule has 0 fully saturated rings. The van der Waals surface area contributed by atoms with Gasteiger partial charge in [-0.15, -0.1) is 0 Å². The van der Waals surface area contributed by atoms with E-state index in [1.165, 1.54) is 70.6 Å². The van der Waals surface area contributed by atoms with Crippen LogP contribution in [0.3, 0.4) is 0 Å². The maximum Gasteiger partial charge on any atom is 0.216 e. The lowest BCUT2D eigenvalue weighted by atomic mass is 10.1. The van der Waals surface area contributed by atoms with Crippen LogP contribution in [-0.4, -0.2) is 15.6 Å². The zero-order valence-corrected chi connectivity index (χ0v) is 16.5. The Bertz CT molecular complexity index is 196. The van der Waals surface area contributed by atoms with Gasteiger partial charge in [0, 0.05) is 6.61 Å². The minimum Gasteiger partial charge on any atom is -0.416 e. The highest BCUT2D eigenvalue weighted by Crippen LogP contribution is 2.21. The second-order valence-electron chi connectivity index (χ2n) is 7.10. The normalized spacial score (nSPS) is 12.0. The fourth-order valence-corrected chi connectivity index (χ4v) is 5.34. The van der Waals surface area contributed by atoms with Crippen LogP contribution in [0.1, 0.15) is 105 Å². The van der Waals surface area contributed by atoms with Gasteiger partial charge in [-0.05, 0) is 17.5 Å². The van der Waals surface area contributed by atoms with Crippen molar-refractivity contribution in [3.8, 4) is 0 Å². The molecule has 0 aliphatic rings. The summed E-state index contributed by atoms with van der Waals surface area (Å²) in [5.41, 5.74) is 1.48. The van der Waals surface area contributed by atoms with Gasteiger partial charge in [0.2, 0.25) is 9.04 Å². The van der Waals surface area contributed by atoms with Gasteiger partial charge in [-0.2, -0.15) is 0 Å². The Kier molecular flexibility index (Phi) is 15.2. The third kappa shape index (κ3) is 13.6. The van der Waals surface area contributed by atoms with Crippen LogP contribution in [0.25, 0.3) is 0 Å². The minimum atomic E-state index is -0.591. The molecule has 0 aliphatic carbocycles. The van der Waals surface area contributed by atoms with Gasteiger partial charge < -0.3 is 4.43 Å². The predicted molar refractivity (Wildman–Crippen MR) is 98.4 cm³/mol. The SMILES string of the molecule is CCCCCCCCCCCCCO[Si](C(C)C)C(C)C. The molecule has 0 rings (SSSR count). The van der Waals surface area contributed by atoms with Crippen LogP contribution >= 0.6 is 0 Å². The topological polar surface area (TPSA) is 9.23 Å². The summed E-state index contributed by atoms with van der Waals surface area (Å²) in [5, 5.41) is 0. The molecule has 0 spiro atoms. The lowest BCUT2D eigenvalue weighted by Gasteiger charge is -2.22. The first-order chi connectivity index (χ1) is 10.1. The van der Waals surface area contributed by atoms with Crippen molar-refractivity contribution in [3.05, 3.63) is 0 Å². The zero-order valence-electron chi connectivity index (χ0n) is 15.5. The number of hydrogen-bond acceptors (Lipinski definition) is 1. The lowest BCUT2D eigenvalue weighted by Crippen LogP contribution is -2.26. The quantitative estimate of drug-likeness (QED) is 0.231. The van der Waals surface area contributed by atoms with Gasteiger partial charge in [0.15, 0.2) is 0 Å². The molecule has 0 aliphatic heterocycles. The second kappa shape index (κ2) is 15.1. The van der Waals surface area contributed by atoms with Crippen molar-refractivity contribution in [2.45, 2.75) is 116 Å². The molecule has 0 aromatic carbocycles. The van der Waals surface area contributed by atoms with E-state index in [4.69, 9.17) is 4.43 Å². The molecule has 0 aromatic rings. The molecule has 0 saturated heterocycles. The summed E-state index contributed by atoms with van der Waals surface area (Å²) in [6.07, 6.45) is 15.5. The standard InChI is InChI=1S/C19H41OSi/c1-6-7-8-9-10-11-12-13-14-15-16-17-20-21(18(2)3)19(4)5/h18-19H,6-17H2,1-5H3. The van der Waals surface area contributed by atoms with Gasteiger partial charge >= 0.3 is 0 Å². The Labute approximate surface area is 137 Å². The maximum absolute atomic E-state index is 6.15. The van der Waals surface area contributed by atoms with Gasteiger partial charge in [0.1, 0.15) is 0 Å². The number of unbranched alkanes of at least 4 members (excludes halogenated alkanes) is 10. The number of rotatable bonds is 15. The summed E-state index contributed by atoms with van der Waals surface area (Å²) >= 11 is 0. The molecule has 21 heavy (non-hydrogen) atoms. The van der Waals surface area contributed by atoms with Crippen molar-refractivity contribution in [1.82, 2.24) is 0 Å². The molecule has 0 N–H and O–H groups in total. The summed E-state index contributed by atoms with van der Waals surface area (Å²) < 4.78 is 6.15. The fraction of sp³-hybridized carbons (Fsp3) is 1.00. The molecule has 0 saturated carbocycles. The van der Waals surface area contributed by atoms with E-state index in [0.717, 1.165) is 17.7 Å².